The zero-order valence-electron chi connectivity index (χ0n) is 15.9. The van der Waals surface area contributed by atoms with E-state index in [-0.39, 0.29) is 0 Å². The smallest absolute Gasteiger partial charge is 0.326 e. The Kier molecular flexibility index (Phi) is 4.79. The lowest BCUT2D eigenvalue weighted by Crippen LogP contribution is -2.36. The number of hydrogen-bond acceptors (Lipinski definition) is 3. The van der Waals surface area contributed by atoms with E-state index in [4.69, 9.17) is 0 Å². The molecule has 0 spiro atoms. The highest BCUT2D eigenvalue weighted by molar-refractivity contribution is 5.86. The Balaban J connectivity index is 1.75. The van der Waals surface area contributed by atoms with Gasteiger partial charge in [0.2, 0.25) is 0 Å². The average Bonchev–Trinajstić information content (AvgIpc) is 3.33. The van der Waals surface area contributed by atoms with Gasteiger partial charge in [0.25, 0.3) is 0 Å². The molecule has 3 aromatic rings. The second-order valence-corrected chi connectivity index (χ2v) is 7.28. The van der Waals surface area contributed by atoms with Crippen LogP contribution in [0.5, 0.6) is 0 Å². The van der Waals surface area contributed by atoms with Gasteiger partial charge in [0.15, 0.2) is 0 Å². The van der Waals surface area contributed by atoms with E-state index in [1.807, 2.05) is 41.3 Å². The lowest BCUT2D eigenvalue weighted by Gasteiger charge is -2.26. The molecule has 0 saturated carbocycles. The summed E-state index contributed by atoms with van der Waals surface area (Å²) in [5.41, 5.74) is 5.07. The lowest BCUT2D eigenvalue weighted by molar-refractivity contribution is -0.138. The molecule has 1 aromatic heterocycles. The number of carboxylic acid groups (broad SMARTS) is 1. The van der Waals surface area contributed by atoms with Crippen LogP contribution in [0.3, 0.4) is 0 Å². The normalized spacial score (nSPS) is 16.4. The molecule has 1 N–H and O–H groups in total. The number of aryl methyl sites for hydroxylation is 1. The number of nitrogens with zero attached hydrogens (tertiary/aromatic N) is 3. The van der Waals surface area contributed by atoms with Crippen molar-refractivity contribution in [2.75, 3.05) is 11.4 Å². The van der Waals surface area contributed by atoms with Crippen molar-refractivity contribution in [3.63, 3.8) is 0 Å². The van der Waals surface area contributed by atoms with Crippen molar-refractivity contribution in [2.24, 2.45) is 0 Å². The molecule has 28 heavy (non-hydrogen) atoms. The van der Waals surface area contributed by atoms with E-state index >= 15 is 0 Å². The van der Waals surface area contributed by atoms with E-state index in [0.29, 0.717) is 12.0 Å². The molecule has 4 rings (SSSR count). The highest BCUT2D eigenvalue weighted by atomic mass is 16.4. The first-order valence-electron chi connectivity index (χ1n) is 9.71. The molecule has 142 valence electrons. The van der Waals surface area contributed by atoms with E-state index in [1.54, 1.807) is 0 Å². The highest BCUT2D eigenvalue weighted by Gasteiger charge is 2.31. The molecule has 0 radical (unpaired) electrons. The van der Waals surface area contributed by atoms with E-state index in [0.717, 1.165) is 48.1 Å². The van der Waals surface area contributed by atoms with Crippen molar-refractivity contribution < 1.29 is 9.90 Å². The molecule has 1 atom stereocenters. The molecule has 1 aliphatic heterocycles. The third kappa shape index (κ3) is 3.11. The number of anilines is 1. The molecule has 1 saturated heterocycles. The van der Waals surface area contributed by atoms with Gasteiger partial charge < -0.3 is 14.6 Å². The third-order valence-electron chi connectivity index (χ3n) is 5.65. The summed E-state index contributed by atoms with van der Waals surface area (Å²) in [5, 5.41) is 19.9. The van der Waals surface area contributed by atoms with Crippen molar-refractivity contribution in [2.45, 2.75) is 38.8 Å². The highest BCUT2D eigenvalue weighted by Crippen LogP contribution is 2.32. The maximum atomic E-state index is 11.7. The summed E-state index contributed by atoms with van der Waals surface area (Å²) >= 11 is 0. The molecule has 0 amide bonds. The SMILES string of the molecule is CCn1cc(Cc2ccccc2N2CCC[C@H]2C(=O)O)c2ccc(C#N)cc21. The van der Waals surface area contributed by atoms with E-state index in [9.17, 15) is 15.2 Å². The van der Waals surface area contributed by atoms with Gasteiger partial charge in [0, 0.05) is 42.3 Å². The zero-order valence-corrected chi connectivity index (χ0v) is 15.9. The summed E-state index contributed by atoms with van der Waals surface area (Å²) in [7, 11) is 0. The Morgan fingerprint density at radius 2 is 2.07 bits per heavy atom. The zero-order chi connectivity index (χ0) is 19.7. The fourth-order valence-electron chi connectivity index (χ4n) is 4.30. The molecular formula is C23H23N3O2. The summed E-state index contributed by atoms with van der Waals surface area (Å²) in [6, 6.07) is 15.7. The molecule has 5 nitrogen and oxygen atoms in total. The molecule has 5 heteroatoms. The predicted molar refractivity (Wildman–Crippen MR) is 110 cm³/mol. The van der Waals surface area contributed by atoms with Crippen LogP contribution in [0.1, 0.15) is 36.5 Å². The van der Waals surface area contributed by atoms with Gasteiger partial charge in [0.1, 0.15) is 6.04 Å². The first-order valence-corrected chi connectivity index (χ1v) is 9.71. The number of aromatic nitrogens is 1. The van der Waals surface area contributed by atoms with Crippen LogP contribution >= 0.6 is 0 Å². The van der Waals surface area contributed by atoms with Gasteiger partial charge in [-0.25, -0.2) is 4.79 Å². The van der Waals surface area contributed by atoms with Gasteiger partial charge in [-0.3, -0.25) is 0 Å². The van der Waals surface area contributed by atoms with Crippen LogP contribution in [0.4, 0.5) is 5.69 Å². The van der Waals surface area contributed by atoms with Gasteiger partial charge in [-0.05, 0) is 49.1 Å². The largest absolute Gasteiger partial charge is 0.480 e. The molecule has 2 heterocycles. The Labute approximate surface area is 164 Å². The molecular weight excluding hydrogens is 350 g/mol. The number of carbonyl (C=O) groups is 1. The monoisotopic (exact) mass is 373 g/mol. The van der Waals surface area contributed by atoms with E-state index < -0.39 is 12.0 Å². The first-order chi connectivity index (χ1) is 13.6. The number of para-hydroxylation sites is 1. The van der Waals surface area contributed by atoms with E-state index in [1.165, 1.54) is 5.56 Å². The minimum absolute atomic E-state index is 0.448. The number of benzene rings is 2. The van der Waals surface area contributed by atoms with Crippen LogP contribution in [0, 0.1) is 11.3 Å². The first kappa shape index (κ1) is 18.1. The van der Waals surface area contributed by atoms with Crippen LogP contribution in [0.15, 0.2) is 48.7 Å². The molecule has 0 bridgehead atoms. The topological polar surface area (TPSA) is 69.3 Å². The van der Waals surface area contributed by atoms with Crippen molar-refractivity contribution in [1.82, 2.24) is 4.57 Å². The number of carboxylic acids is 1. The number of hydrogen-bond donors (Lipinski definition) is 1. The van der Waals surface area contributed by atoms with E-state index in [2.05, 4.69) is 29.8 Å². The Hall–Kier alpha value is -3.26. The van der Waals surface area contributed by atoms with Crippen molar-refractivity contribution >= 4 is 22.6 Å². The van der Waals surface area contributed by atoms with Crippen LogP contribution in [0.2, 0.25) is 0 Å². The van der Waals surface area contributed by atoms with Crippen LogP contribution in [-0.2, 0) is 17.8 Å². The number of fused-ring (bicyclic) bond motifs is 1. The molecule has 0 unspecified atom stereocenters. The summed E-state index contributed by atoms with van der Waals surface area (Å²) in [5.74, 6) is -0.751. The summed E-state index contributed by atoms with van der Waals surface area (Å²) in [4.78, 5) is 13.7. The fraction of sp³-hybridized carbons (Fsp3) is 0.304. The second kappa shape index (κ2) is 7.40. The average molecular weight is 373 g/mol. The van der Waals surface area contributed by atoms with Gasteiger partial charge in [-0.1, -0.05) is 24.3 Å². The van der Waals surface area contributed by atoms with Crippen LogP contribution in [-0.4, -0.2) is 28.2 Å². The second-order valence-electron chi connectivity index (χ2n) is 7.28. The summed E-state index contributed by atoms with van der Waals surface area (Å²) in [6.07, 6.45) is 4.48. The standard InChI is InChI=1S/C23H23N3O2/c1-2-25-15-18(19-10-9-16(14-24)12-22(19)25)13-17-6-3-4-7-20(17)26-11-5-8-21(26)23(27)28/h3-4,6-7,9-10,12,15,21H,2,5,8,11,13H2,1H3,(H,27,28)/t21-/m0/s1. The summed E-state index contributed by atoms with van der Waals surface area (Å²) in [6.45, 7) is 3.70. The predicted octanol–water partition coefficient (Wildman–Crippen LogP) is 4.18. The number of rotatable bonds is 5. The molecule has 0 aliphatic carbocycles. The molecule has 1 fully saturated rings. The Bertz CT molecular complexity index is 1080. The number of nitriles is 1. The van der Waals surface area contributed by atoms with Crippen LogP contribution < -0.4 is 4.90 Å². The third-order valence-corrected chi connectivity index (χ3v) is 5.65. The maximum absolute atomic E-state index is 11.7. The van der Waals surface area contributed by atoms with Crippen molar-refractivity contribution in [1.29, 1.82) is 5.26 Å². The minimum Gasteiger partial charge on any atom is -0.480 e. The lowest BCUT2D eigenvalue weighted by atomic mass is 10.0. The van der Waals surface area contributed by atoms with Crippen LogP contribution in [0.25, 0.3) is 10.9 Å². The molecule has 1 aliphatic rings. The fourth-order valence-corrected chi connectivity index (χ4v) is 4.30. The molecule has 2 aromatic carbocycles. The summed E-state index contributed by atoms with van der Waals surface area (Å²) < 4.78 is 2.17. The quantitative estimate of drug-likeness (QED) is 0.728. The Morgan fingerprint density at radius 3 is 2.82 bits per heavy atom. The minimum atomic E-state index is -0.751. The van der Waals surface area contributed by atoms with Gasteiger partial charge in [-0.15, -0.1) is 0 Å². The Morgan fingerprint density at radius 1 is 1.25 bits per heavy atom. The van der Waals surface area contributed by atoms with Crippen molar-refractivity contribution in [3.05, 3.63) is 65.4 Å². The van der Waals surface area contributed by atoms with Gasteiger partial charge >= 0.3 is 5.97 Å². The number of aliphatic carboxylic acids is 1. The van der Waals surface area contributed by atoms with Crippen molar-refractivity contribution in [3.8, 4) is 6.07 Å². The van der Waals surface area contributed by atoms with Gasteiger partial charge in [0.05, 0.1) is 11.6 Å². The van der Waals surface area contributed by atoms with Gasteiger partial charge in [-0.2, -0.15) is 5.26 Å². The maximum Gasteiger partial charge on any atom is 0.326 e.